The third kappa shape index (κ3) is 1.98. The van der Waals surface area contributed by atoms with Gasteiger partial charge < -0.3 is 9.64 Å². The second kappa shape index (κ2) is 4.32. The lowest BCUT2D eigenvalue weighted by Gasteiger charge is -2.41. The van der Waals surface area contributed by atoms with Gasteiger partial charge in [-0.15, -0.1) is 0 Å². The van der Waals surface area contributed by atoms with Crippen molar-refractivity contribution in [2.24, 2.45) is 17.8 Å². The van der Waals surface area contributed by atoms with Crippen LogP contribution in [0.4, 0.5) is 4.79 Å². The highest BCUT2D eigenvalue weighted by molar-refractivity contribution is 5.68. The van der Waals surface area contributed by atoms with E-state index < -0.39 is 0 Å². The van der Waals surface area contributed by atoms with Crippen LogP contribution in [-0.4, -0.2) is 31.2 Å². The van der Waals surface area contributed by atoms with E-state index in [4.69, 9.17) is 5.26 Å². The molecule has 1 rings (SSSR count). The highest BCUT2D eigenvalue weighted by atomic mass is 16.5. The van der Waals surface area contributed by atoms with Gasteiger partial charge in [-0.3, -0.25) is 0 Å². The Morgan fingerprint density at radius 3 is 2.50 bits per heavy atom. The standard InChI is InChI=1S/C10H16N2O2/c1-7(2)9(4-11)8-5-12(6-8)10(13)14-3/h7-9H,5-6H2,1-3H3. The Kier molecular flexibility index (Phi) is 3.34. The van der Waals surface area contributed by atoms with Crippen LogP contribution in [0.5, 0.6) is 0 Å². The zero-order chi connectivity index (χ0) is 10.7. The van der Waals surface area contributed by atoms with E-state index in [9.17, 15) is 4.79 Å². The molecule has 1 saturated heterocycles. The van der Waals surface area contributed by atoms with Crippen LogP contribution in [-0.2, 0) is 4.74 Å². The van der Waals surface area contributed by atoms with Crippen molar-refractivity contribution in [3.8, 4) is 6.07 Å². The van der Waals surface area contributed by atoms with Gasteiger partial charge >= 0.3 is 6.09 Å². The van der Waals surface area contributed by atoms with E-state index in [0.717, 1.165) is 0 Å². The maximum absolute atomic E-state index is 11.0. The van der Waals surface area contributed by atoms with E-state index in [1.54, 1.807) is 4.90 Å². The average Bonchev–Trinajstić information content (AvgIpc) is 2.08. The van der Waals surface area contributed by atoms with Gasteiger partial charge in [-0.25, -0.2) is 4.79 Å². The van der Waals surface area contributed by atoms with E-state index in [1.165, 1.54) is 7.11 Å². The molecule has 1 unspecified atom stereocenters. The van der Waals surface area contributed by atoms with Crippen LogP contribution in [0, 0.1) is 29.1 Å². The predicted molar refractivity (Wildman–Crippen MR) is 51.4 cm³/mol. The van der Waals surface area contributed by atoms with Crippen molar-refractivity contribution in [3.63, 3.8) is 0 Å². The Balaban J connectivity index is 2.40. The molecule has 78 valence electrons. The third-order valence-electron chi connectivity index (χ3n) is 2.72. The smallest absolute Gasteiger partial charge is 0.409 e. The number of carbonyl (C=O) groups excluding carboxylic acids is 1. The summed E-state index contributed by atoms with van der Waals surface area (Å²) in [5.41, 5.74) is 0. The zero-order valence-corrected chi connectivity index (χ0v) is 8.86. The van der Waals surface area contributed by atoms with Crippen molar-refractivity contribution < 1.29 is 9.53 Å². The maximum Gasteiger partial charge on any atom is 0.409 e. The van der Waals surface area contributed by atoms with Crippen LogP contribution in [0.1, 0.15) is 13.8 Å². The first-order valence-corrected chi connectivity index (χ1v) is 4.82. The van der Waals surface area contributed by atoms with Crippen molar-refractivity contribution >= 4 is 6.09 Å². The van der Waals surface area contributed by atoms with Crippen molar-refractivity contribution in [2.45, 2.75) is 13.8 Å². The van der Waals surface area contributed by atoms with Crippen LogP contribution in [0.15, 0.2) is 0 Å². The molecule has 1 amide bonds. The molecule has 0 aromatic rings. The van der Waals surface area contributed by atoms with E-state index in [2.05, 4.69) is 10.8 Å². The van der Waals surface area contributed by atoms with Gasteiger partial charge in [0.05, 0.1) is 19.1 Å². The number of methoxy groups -OCH3 is 1. The van der Waals surface area contributed by atoms with E-state index in [1.807, 2.05) is 13.8 Å². The summed E-state index contributed by atoms with van der Waals surface area (Å²) in [6.07, 6.45) is -0.290. The quantitative estimate of drug-likeness (QED) is 0.672. The van der Waals surface area contributed by atoms with E-state index in [-0.39, 0.29) is 12.0 Å². The first-order valence-electron chi connectivity index (χ1n) is 4.82. The highest BCUT2D eigenvalue weighted by Gasteiger charge is 2.37. The molecule has 4 nitrogen and oxygen atoms in total. The van der Waals surface area contributed by atoms with E-state index >= 15 is 0 Å². The van der Waals surface area contributed by atoms with Gasteiger partial charge in [0.25, 0.3) is 0 Å². The van der Waals surface area contributed by atoms with Crippen molar-refractivity contribution in [2.75, 3.05) is 20.2 Å². The fraction of sp³-hybridized carbons (Fsp3) is 0.800. The molecule has 1 atom stereocenters. The van der Waals surface area contributed by atoms with Gasteiger partial charge in [0.1, 0.15) is 0 Å². The largest absolute Gasteiger partial charge is 0.453 e. The summed E-state index contributed by atoms with van der Waals surface area (Å²) >= 11 is 0. The van der Waals surface area contributed by atoms with Crippen molar-refractivity contribution in [1.82, 2.24) is 4.90 Å². The topological polar surface area (TPSA) is 53.3 Å². The number of hydrogen-bond donors (Lipinski definition) is 0. The SMILES string of the molecule is COC(=O)N1CC(C(C#N)C(C)C)C1. The summed E-state index contributed by atoms with van der Waals surface area (Å²) in [4.78, 5) is 12.7. The number of likely N-dealkylation sites (tertiary alicyclic amines) is 1. The molecule has 0 aromatic heterocycles. The maximum atomic E-state index is 11.0. The van der Waals surface area contributed by atoms with E-state index in [0.29, 0.717) is 24.9 Å². The lowest BCUT2D eigenvalue weighted by atomic mass is 9.80. The molecule has 0 radical (unpaired) electrons. The van der Waals surface area contributed by atoms with Gasteiger partial charge in [-0.2, -0.15) is 5.26 Å². The minimum absolute atomic E-state index is 0.0518. The van der Waals surface area contributed by atoms with Gasteiger partial charge in [0, 0.05) is 19.0 Å². The lowest BCUT2D eigenvalue weighted by Crippen LogP contribution is -2.53. The normalized spacial score (nSPS) is 18.6. The molecule has 1 aliphatic heterocycles. The molecule has 14 heavy (non-hydrogen) atoms. The Bertz CT molecular complexity index is 251. The molecule has 0 bridgehead atoms. The fourth-order valence-electron chi connectivity index (χ4n) is 1.82. The number of rotatable bonds is 2. The molecule has 0 aliphatic carbocycles. The molecular weight excluding hydrogens is 180 g/mol. The average molecular weight is 196 g/mol. The number of amides is 1. The Morgan fingerprint density at radius 1 is 1.57 bits per heavy atom. The second-order valence-electron chi connectivity index (χ2n) is 4.03. The van der Waals surface area contributed by atoms with Crippen LogP contribution in [0.2, 0.25) is 0 Å². The minimum Gasteiger partial charge on any atom is -0.453 e. The highest BCUT2D eigenvalue weighted by Crippen LogP contribution is 2.28. The third-order valence-corrected chi connectivity index (χ3v) is 2.72. The molecular formula is C10H16N2O2. The first kappa shape index (κ1) is 10.8. The minimum atomic E-state index is -0.290. The summed E-state index contributed by atoms with van der Waals surface area (Å²) in [6, 6.07) is 2.30. The summed E-state index contributed by atoms with van der Waals surface area (Å²) in [7, 11) is 1.37. The molecule has 4 heteroatoms. The van der Waals surface area contributed by atoms with Crippen molar-refractivity contribution in [3.05, 3.63) is 0 Å². The molecule has 1 aliphatic rings. The van der Waals surface area contributed by atoms with Crippen LogP contribution >= 0.6 is 0 Å². The lowest BCUT2D eigenvalue weighted by molar-refractivity contribution is 0.0460. The number of nitriles is 1. The van der Waals surface area contributed by atoms with Crippen molar-refractivity contribution in [1.29, 1.82) is 5.26 Å². The summed E-state index contributed by atoms with van der Waals surface area (Å²) in [5.74, 6) is 0.722. The van der Waals surface area contributed by atoms with Gasteiger partial charge in [0.15, 0.2) is 0 Å². The van der Waals surface area contributed by atoms with Crippen LogP contribution in [0.25, 0.3) is 0 Å². The van der Waals surface area contributed by atoms with Gasteiger partial charge in [-0.05, 0) is 5.92 Å². The van der Waals surface area contributed by atoms with Crippen LogP contribution in [0.3, 0.4) is 0 Å². The van der Waals surface area contributed by atoms with Gasteiger partial charge in [0.2, 0.25) is 0 Å². The Morgan fingerprint density at radius 2 is 2.14 bits per heavy atom. The fourth-order valence-corrected chi connectivity index (χ4v) is 1.82. The molecule has 0 N–H and O–H groups in total. The summed E-state index contributed by atoms with van der Waals surface area (Å²) in [5, 5.41) is 8.93. The second-order valence-corrected chi connectivity index (χ2v) is 4.03. The Labute approximate surface area is 84.4 Å². The number of carbonyl (C=O) groups is 1. The first-order chi connectivity index (χ1) is 6.60. The summed E-state index contributed by atoms with van der Waals surface area (Å²) < 4.78 is 4.58. The number of ether oxygens (including phenoxy) is 1. The zero-order valence-electron chi connectivity index (χ0n) is 8.86. The monoisotopic (exact) mass is 196 g/mol. The molecule has 1 heterocycles. The molecule has 0 saturated carbocycles. The predicted octanol–water partition coefficient (Wildman–Crippen LogP) is 1.48. The molecule has 0 spiro atoms. The molecule has 1 fully saturated rings. The number of hydrogen-bond acceptors (Lipinski definition) is 3. The number of nitrogens with zero attached hydrogens (tertiary/aromatic N) is 2. The Hall–Kier alpha value is -1.24. The van der Waals surface area contributed by atoms with Crippen LogP contribution < -0.4 is 0 Å². The van der Waals surface area contributed by atoms with Gasteiger partial charge in [-0.1, -0.05) is 13.8 Å². The summed E-state index contributed by atoms with van der Waals surface area (Å²) in [6.45, 7) is 5.38. The molecule has 0 aromatic carbocycles.